The van der Waals surface area contributed by atoms with Gasteiger partial charge in [-0.05, 0) is 154 Å². The van der Waals surface area contributed by atoms with E-state index in [1.165, 1.54) is 158 Å². The largest absolute Gasteiger partial charge is 0.309 e. The number of aromatic nitrogens is 9. The molecule has 0 saturated carbocycles. The molecule has 0 bridgehead atoms. The number of thiophene rings is 3. The van der Waals surface area contributed by atoms with E-state index in [2.05, 4.69) is 469 Å². The number of rotatable bonds is 12. The molecule has 0 aliphatic rings. The zero-order chi connectivity index (χ0) is 94.8. The summed E-state index contributed by atoms with van der Waals surface area (Å²) in [6.07, 6.45) is 0. The van der Waals surface area contributed by atoms with Crippen LogP contribution >= 0.6 is 34.0 Å². The number of hydrogen-bond acceptors (Lipinski definition) is 9. The Balaban J connectivity index is 0.000000105. The molecule has 9 nitrogen and oxygen atoms in total. The van der Waals surface area contributed by atoms with E-state index in [4.69, 9.17) is 29.9 Å². The maximum atomic E-state index is 5.07. The summed E-state index contributed by atoms with van der Waals surface area (Å²) in [4.78, 5) is 30.4. The number of hydrogen-bond donors (Lipinski definition) is 0. The quantitative estimate of drug-likeness (QED) is 0.121. The monoisotopic (exact) mass is 1890 g/mol. The Hall–Kier alpha value is -18.3. The third kappa shape index (κ3) is 14.2. The second-order valence-corrected chi connectivity index (χ2v) is 39.7. The lowest BCUT2D eigenvalue weighted by molar-refractivity contribution is 1.17. The van der Waals surface area contributed by atoms with Crippen LogP contribution in [-0.2, 0) is 0 Å². The Kier molecular flexibility index (Phi) is 20.3. The van der Waals surface area contributed by atoms with E-state index in [9.17, 15) is 0 Å². The molecular formula is C132H81N9S3. The summed E-state index contributed by atoms with van der Waals surface area (Å²) in [6.45, 7) is 0. The molecule has 0 fully saturated rings. The third-order valence-corrected chi connectivity index (χ3v) is 31.8. The Bertz CT molecular complexity index is 9960. The summed E-state index contributed by atoms with van der Waals surface area (Å²) in [7, 11) is 0. The Labute approximate surface area is 839 Å². The minimum Gasteiger partial charge on any atom is -0.309 e. The van der Waals surface area contributed by atoms with Crippen LogP contribution in [0.4, 0.5) is 0 Å². The minimum atomic E-state index is 0.710. The highest BCUT2D eigenvalue weighted by molar-refractivity contribution is 7.28. The number of benzene rings is 21. The van der Waals surface area contributed by atoms with Crippen LogP contribution in [-0.4, -0.2) is 43.6 Å². The molecule has 0 aliphatic heterocycles. The van der Waals surface area contributed by atoms with E-state index in [-0.39, 0.29) is 0 Å². The van der Waals surface area contributed by atoms with Crippen LogP contribution in [0.1, 0.15) is 0 Å². The van der Waals surface area contributed by atoms with E-state index in [0.717, 1.165) is 101 Å². The van der Waals surface area contributed by atoms with Crippen molar-refractivity contribution < 1.29 is 0 Å². The molecule has 0 atom stereocenters. The van der Waals surface area contributed by atoms with Gasteiger partial charge in [0.15, 0.2) is 17.5 Å². The summed E-state index contributed by atoms with van der Waals surface area (Å²) < 4.78 is 15.3. The predicted octanol–water partition coefficient (Wildman–Crippen LogP) is 36.3. The van der Waals surface area contributed by atoms with Gasteiger partial charge in [0.2, 0.25) is 0 Å². The number of nitrogens with zero attached hydrogens (tertiary/aromatic N) is 9. The van der Waals surface area contributed by atoms with Crippen LogP contribution in [0.5, 0.6) is 0 Å². The zero-order valence-corrected chi connectivity index (χ0v) is 80.0. The molecule has 0 amide bonds. The van der Waals surface area contributed by atoms with Gasteiger partial charge in [0.1, 0.15) is 0 Å². The molecule has 0 saturated heterocycles. The molecule has 12 heteroatoms. The fourth-order valence-electron chi connectivity index (χ4n) is 21.6. The standard InChI is InChI=1S/3C44H27N3S/c1-3-13-28(14-4-1)36-27-37(29-15-5-2-6-16-29)46-44(45-36)30-23-25-31(26-24-30)47-38-21-11-9-19-34(38)41-42(47)33-18-8-7-17-32(33)40-35-20-10-12-22-39(35)48-43(40)41;1-3-13-28(14-4-1)36-27-37(29-15-5-2-6-16-29)46-44(45-36)30-23-25-31(26-24-30)47-38-21-11-9-19-34(38)40-32-17-7-8-18-33(32)41-35-20-10-12-22-39(35)48-43(41)42(40)47;1-3-12-29(13-4-1)37-27-38(30-14-5-2-6-15-30)46-44(45-37)31-19-22-32(23-20-31)47-39-26-21-28-11-7-8-16-33(28)41(39)36-25-24-35-34-17-9-10-18-40(34)48-43(35)42(36)47/h3*1-27H. The highest BCUT2D eigenvalue weighted by Gasteiger charge is 2.28. The lowest BCUT2D eigenvalue weighted by Crippen LogP contribution is -1.97. The van der Waals surface area contributed by atoms with Gasteiger partial charge in [0.25, 0.3) is 0 Å². The van der Waals surface area contributed by atoms with Crippen molar-refractivity contribution in [2.75, 3.05) is 0 Å². The van der Waals surface area contributed by atoms with Crippen molar-refractivity contribution in [3.8, 4) is 119 Å². The van der Waals surface area contributed by atoms with Crippen LogP contribution in [0.2, 0.25) is 0 Å². The minimum absolute atomic E-state index is 0.710. The fourth-order valence-corrected chi connectivity index (χ4v) is 25.4. The smallest absolute Gasteiger partial charge is 0.160 e. The van der Waals surface area contributed by atoms with E-state index in [0.29, 0.717) is 17.5 Å². The molecule has 144 heavy (non-hydrogen) atoms. The van der Waals surface area contributed by atoms with Crippen LogP contribution in [0.25, 0.3) is 277 Å². The van der Waals surface area contributed by atoms with Crippen LogP contribution < -0.4 is 0 Å². The van der Waals surface area contributed by atoms with Gasteiger partial charge >= 0.3 is 0 Å². The third-order valence-electron chi connectivity index (χ3n) is 28.2. The first-order chi connectivity index (χ1) is 71.4. The van der Waals surface area contributed by atoms with Gasteiger partial charge in [-0.15, -0.1) is 34.0 Å². The van der Waals surface area contributed by atoms with Crippen LogP contribution in [0, 0.1) is 0 Å². The average molecular weight is 1890 g/mol. The van der Waals surface area contributed by atoms with E-state index in [1.54, 1.807) is 0 Å². The second kappa shape index (κ2) is 34.9. The molecule has 9 heterocycles. The first-order valence-corrected chi connectivity index (χ1v) is 51.0. The molecule has 30 aromatic rings. The zero-order valence-electron chi connectivity index (χ0n) is 77.5. The molecule has 0 spiro atoms. The summed E-state index contributed by atoms with van der Waals surface area (Å²) in [6, 6.07) is 174. The van der Waals surface area contributed by atoms with Gasteiger partial charge in [-0.1, -0.05) is 364 Å². The van der Waals surface area contributed by atoms with Gasteiger partial charge in [0.05, 0.1) is 76.7 Å². The Morgan fingerprint density at radius 3 is 0.882 bits per heavy atom. The number of para-hydroxylation sites is 2. The van der Waals surface area contributed by atoms with E-state index >= 15 is 0 Å². The summed E-state index contributed by atoms with van der Waals surface area (Å²) >= 11 is 5.67. The van der Waals surface area contributed by atoms with E-state index < -0.39 is 0 Å². The molecule has 30 rings (SSSR count). The maximum Gasteiger partial charge on any atom is 0.160 e. The van der Waals surface area contributed by atoms with Crippen LogP contribution in [0.15, 0.2) is 491 Å². The summed E-state index contributed by atoms with van der Waals surface area (Å²) in [5, 5.41) is 23.3. The normalized spacial score (nSPS) is 11.8. The van der Waals surface area contributed by atoms with Gasteiger partial charge in [-0.3, -0.25) is 0 Å². The topological polar surface area (TPSA) is 92.1 Å². The van der Waals surface area contributed by atoms with Crippen molar-refractivity contribution in [3.05, 3.63) is 491 Å². The lowest BCUT2D eigenvalue weighted by Gasteiger charge is -2.12. The van der Waals surface area contributed by atoms with Gasteiger partial charge in [-0.2, -0.15) is 0 Å². The number of fused-ring (bicyclic) bond motifs is 29. The summed E-state index contributed by atoms with van der Waals surface area (Å²) in [5.74, 6) is 2.13. The van der Waals surface area contributed by atoms with Gasteiger partial charge in [0, 0.05) is 156 Å². The fraction of sp³-hybridized carbons (Fsp3) is 0. The first kappa shape index (κ1) is 83.8. The van der Waals surface area contributed by atoms with Crippen molar-refractivity contribution in [2.45, 2.75) is 0 Å². The molecule has 21 aromatic carbocycles. The molecule has 672 valence electrons. The highest BCUT2D eigenvalue weighted by atomic mass is 32.1. The molecule has 0 N–H and O–H groups in total. The van der Waals surface area contributed by atoms with Crippen LogP contribution in [0.3, 0.4) is 0 Å². The van der Waals surface area contributed by atoms with E-state index in [1.807, 2.05) is 70.4 Å². The van der Waals surface area contributed by atoms with Crippen molar-refractivity contribution >= 4 is 192 Å². The maximum absolute atomic E-state index is 5.07. The molecule has 0 radical (unpaired) electrons. The van der Waals surface area contributed by atoms with Gasteiger partial charge in [-0.25, -0.2) is 29.9 Å². The molecular weight excluding hydrogens is 1810 g/mol. The van der Waals surface area contributed by atoms with Crippen molar-refractivity contribution in [3.63, 3.8) is 0 Å². The Morgan fingerprint density at radius 1 is 0.153 bits per heavy atom. The SMILES string of the molecule is c1ccc(-c2cc(-c3ccccc3)nc(-c3ccc(-n4c5ccc6ccccc6c5c5ccc6c7ccccc7sc6c54)cc3)n2)cc1.c1ccc(-c2cc(-c3ccccc3)nc(-c3ccc(-n4c5ccccc5c5c6ccccc6c6c7ccccc7sc6c54)cc3)n2)cc1.c1ccc(-c2cc(-c3ccccc3)nc(-c3ccc(-n4c5ccccc5c5c6sc7ccccc7c6c6ccccc6c54)cc3)n2)cc1. The first-order valence-electron chi connectivity index (χ1n) is 48.5. The average Bonchev–Trinajstić information content (AvgIpc) is 1.55. The lowest BCUT2D eigenvalue weighted by atomic mass is 9.99. The van der Waals surface area contributed by atoms with Crippen molar-refractivity contribution in [2.24, 2.45) is 0 Å². The van der Waals surface area contributed by atoms with Gasteiger partial charge < -0.3 is 13.7 Å². The van der Waals surface area contributed by atoms with Crippen molar-refractivity contribution in [1.29, 1.82) is 0 Å². The van der Waals surface area contributed by atoms with Crippen molar-refractivity contribution in [1.82, 2.24) is 43.6 Å². The highest BCUT2D eigenvalue weighted by Crippen LogP contribution is 2.52. The molecule has 0 aliphatic carbocycles. The summed E-state index contributed by atoms with van der Waals surface area (Å²) in [5.41, 5.74) is 25.5. The Morgan fingerprint density at radius 2 is 0.451 bits per heavy atom. The second-order valence-electron chi connectivity index (χ2n) is 36.5. The molecule has 0 unspecified atom stereocenters. The molecule has 9 aromatic heterocycles. The predicted molar refractivity (Wildman–Crippen MR) is 609 cm³/mol.